The first-order valence-corrected chi connectivity index (χ1v) is 5.99. The molecule has 0 aromatic heterocycles. The molecule has 5 N–H and O–H groups in total. The number of aliphatic carboxylic acids is 1. The molecule has 2 atom stereocenters. The van der Waals surface area contributed by atoms with E-state index in [1.807, 2.05) is 0 Å². The number of anilines is 2. The van der Waals surface area contributed by atoms with Crippen molar-refractivity contribution in [3.63, 3.8) is 0 Å². The normalized spacial score (nSPS) is 13.1. The van der Waals surface area contributed by atoms with E-state index < -0.39 is 18.1 Å². The van der Waals surface area contributed by atoms with Crippen molar-refractivity contribution >= 4 is 29.5 Å². The Hall–Kier alpha value is -2.41. The Morgan fingerprint density at radius 2 is 1.85 bits per heavy atom. The molecule has 0 aliphatic rings. The van der Waals surface area contributed by atoms with Gasteiger partial charge >= 0.3 is 5.97 Å². The van der Waals surface area contributed by atoms with Gasteiger partial charge in [0.15, 0.2) is 0 Å². The lowest BCUT2D eigenvalue weighted by molar-refractivity contribution is -0.137. The maximum absolute atomic E-state index is 10.9. The molecule has 1 aromatic carbocycles. The van der Waals surface area contributed by atoms with Crippen LogP contribution in [0.1, 0.15) is 13.3 Å². The van der Waals surface area contributed by atoms with Gasteiger partial charge in [0, 0.05) is 18.3 Å². The van der Waals surface area contributed by atoms with Gasteiger partial charge in [-0.1, -0.05) is 0 Å². The second kappa shape index (κ2) is 7.25. The summed E-state index contributed by atoms with van der Waals surface area (Å²) in [5.41, 5.74) is 6.79. The fourth-order valence-electron chi connectivity index (χ4n) is 1.63. The number of amides is 1. The van der Waals surface area contributed by atoms with Gasteiger partial charge in [-0.15, -0.1) is 0 Å². The maximum Gasteiger partial charge on any atom is 0.305 e. The summed E-state index contributed by atoms with van der Waals surface area (Å²) in [5.74, 6) is -1.23. The molecule has 0 aliphatic heterocycles. The summed E-state index contributed by atoms with van der Waals surface area (Å²) in [6, 6.07) is 5.04. The number of benzene rings is 1. The smallest absolute Gasteiger partial charge is 0.305 e. The largest absolute Gasteiger partial charge is 0.481 e. The van der Waals surface area contributed by atoms with Gasteiger partial charge in [0.05, 0.1) is 18.5 Å². The monoisotopic (exact) mass is 279 g/mol. The second-order valence-corrected chi connectivity index (χ2v) is 4.32. The SMILES string of the molecule is CC(=O)Nc1ccc(NC(CC(=O)O)[C@H](N)C=O)cc1. The van der Waals surface area contributed by atoms with Gasteiger partial charge in [0.2, 0.25) is 5.91 Å². The van der Waals surface area contributed by atoms with Crippen LogP contribution in [0.25, 0.3) is 0 Å². The predicted octanol–water partition coefficient (Wildman–Crippen LogP) is 0.426. The minimum absolute atomic E-state index is 0.183. The van der Waals surface area contributed by atoms with E-state index >= 15 is 0 Å². The molecule has 1 aromatic rings. The summed E-state index contributed by atoms with van der Waals surface area (Å²) in [6.07, 6.45) is 0.236. The fraction of sp³-hybridized carbons (Fsp3) is 0.308. The number of hydrogen-bond donors (Lipinski definition) is 4. The Kier molecular flexibility index (Phi) is 5.67. The standard InChI is InChI=1S/C13H17N3O4/c1-8(18)15-9-2-4-10(5-3-9)16-12(6-13(19)20)11(14)7-17/h2-5,7,11-12,16H,6,14H2,1H3,(H,15,18)(H,19,20)/t11-,12?/m1/s1. The van der Waals surface area contributed by atoms with Crippen molar-refractivity contribution in [3.8, 4) is 0 Å². The first-order valence-electron chi connectivity index (χ1n) is 5.99. The van der Waals surface area contributed by atoms with Crippen LogP contribution in [0.2, 0.25) is 0 Å². The van der Waals surface area contributed by atoms with Crippen LogP contribution < -0.4 is 16.4 Å². The molecular weight excluding hydrogens is 262 g/mol. The molecule has 1 amide bonds. The Labute approximate surface area is 116 Å². The highest BCUT2D eigenvalue weighted by Crippen LogP contribution is 2.15. The van der Waals surface area contributed by atoms with E-state index in [0.29, 0.717) is 17.7 Å². The number of rotatable bonds is 7. The molecule has 0 spiro atoms. The van der Waals surface area contributed by atoms with E-state index in [0.717, 1.165) is 0 Å². The lowest BCUT2D eigenvalue weighted by Crippen LogP contribution is -2.42. The minimum Gasteiger partial charge on any atom is -0.481 e. The predicted molar refractivity (Wildman–Crippen MR) is 74.4 cm³/mol. The van der Waals surface area contributed by atoms with E-state index in [1.54, 1.807) is 24.3 Å². The summed E-state index contributed by atoms with van der Waals surface area (Å²) in [5, 5.41) is 14.3. The van der Waals surface area contributed by atoms with Gasteiger partial charge < -0.3 is 26.3 Å². The molecule has 7 heteroatoms. The Balaban J connectivity index is 2.75. The van der Waals surface area contributed by atoms with Crippen LogP contribution in [0, 0.1) is 0 Å². The summed E-state index contributed by atoms with van der Waals surface area (Å²) in [4.78, 5) is 32.3. The first kappa shape index (κ1) is 15.6. The Bertz CT molecular complexity index is 487. The molecule has 0 saturated heterocycles. The third kappa shape index (κ3) is 5.07. The zero-order valence-electron chi connectivity index (χ0n) is 11.0. The second-order valence-electron chi connectivity index (χ2n) is 4.32. The van der Waals surface area contributed by atoms with Crippen molar-refractivity contribution in [1.82, 2.24) is 0 Å². The van der Waals surface area contributed by atoms with Crippen molar-refractivity contribution in [3.05, 3.63) is 24.3 Å². The van der Waals surface area contributed by atoms with Crippen LogP contribution in [0.15, 0.2) is 24.3 Å². The van der Waals surface area contributed by atoms with Crippen LogP contribution in [0.5, 0.6) is 0 Å². The molecule has 1 rings (SSSR count). The molecule has 0 fully saturated rings. The summed E-state index contributed by atoms with van der Waals surface area (Å²) in [6.45, 7) is 1.40. The maximum atomic E-state index is 10.9. The van der Waals surface area contributed by atoms with Gasteiger partial charge in [-0.25, -0.2) is 0 Å². The highest BCUT2D eigenvalue weighted by Gasteiger charge is 2.20. The summed E-state index contributed by atoms with van der Waals surface area (Å²) < 4.78 is 0. The summed E-state index contributed by atoms with van der Waals surface area (Å²) in [7, 11) is 0. The van der Waals surface area contributed by atoms with Crippen LogP contribution >= 0.6 is 0 Å². The zero-order valence-corrected chi connectivity index (χ0v) is 11.0. The zero-order chi connectivity index (χ0) is 15.1. The highest BCUT2D eigenvalue weighted by atomic mass is 16.4. The van der Waals surface area contributed by atoms with Crippen molar-refractivity contribution in [2.75, 3.05) is 10.6 Å². The molecular formula is C13H17N3O4. The van der Waals surface area contributed by atoms with Crippen molar-refractivity contribution in [2.24, 2.45) is 5.73 Å². The molecule has 1 unspecified atom stereocenters. The van der Waals surface area contributed by atoms with Crippen LogP contribution in [-0.2, 0) is 14.4 Å². The molecule has 0 heterocycles. The van der Waals surface area contributed by atoms with E-state index in [2.05, 4.69) is 10.6 Å². The van der Waals surface area contributed by atoms with E-state index in [4.69, 9.17) is 10.8 Å². The number of hydrogen-bond acceptors (Lipinski definition) is 5. The van der Waals surface area contributed by atoms with Gasteiger partial charge in [-0.05, 0) is 24.3 Å². The topological polar surface area (TPSA) is 122 Å². The lowest BCUT2D eigenvalue weighted by atomic mass is 10.1. The minimum atomic E-state index is -1.05. The highest BCUT2D eigenvalue weighted by molar-refractivity contribution is 5.88. The number of aldehydes is 1. The average molecular weight is 279 g/mol. The van der Waals surface area contributed by atoms with Gasteiger partial charge in [0.1, 0.15) is 6.29 Å². The van der Waals surface area contributed by atoms with Crippen molar-refractivity contribution in [2.45, 2.75) is 25.4 Å². The first-order chi connectivity index (χ1) is 9.42. The van der Waals surface area contributed by atoms with E-state index in [9.17, 15) is 14.4 Å². The average Bonchev–Trinajstić information content (AvgIpc) is 2.38. The fourth-order valence-corrected chi connectivity index (χ4v) is 1.63. The number of carboxylic acids is 1. The molecule has 108 valence electrons. The number of carboxylic acid groups (broad SMARTS) is 1. The Morgan fingerprint density at radius 1 is 1.30 bits per heavy atom. The number of nitrogens with two attached hydrogens (primary N) is 1. The summed E-state index contributed by atoms with van der Waals surface area (Å²) >= 11 is 0. The number of carbonyl (C=O) groups is 3. The lowest BCUT2D eigenvalue weighted by Gasteiger charge is -2.21. The third-order valence-corrected chi connectivity index (χ3v) is 2.57. The number of nitrogens with one attached hydrogen (secondary N) is 2. The van der Waals surface area contributed by atoms with Crippen molar-refractivity contribution < 1.29 is 19.5 Å². The van der Waals surface area contributed by atoms with Crippen LogP contribution in [0.4, 0.5) is 11.4 Å². The van der Waals surface area contributed by atoms with Gasteiger partial charge in [-0.3, -0.25) is 9.59 Å². The molecule has 0 saturated carbocycles. The van der Waals surface area contributed by atoms with Crippen LogP contribution in [0.3, 0.4) is 0 Å². The molecule has 20 heavy (non-hydrogen) atoms. The number of carbonyl (C=O) groups excluding carboxylic acids is 2. The molecule has 0 bridgehead atoms. The third-order valence-electron chi connectivity index (χ3n) is 2.57. The quantitative estimate of drug-likeness (QED) is 0.537. The molecule has 7 nitrogen and oxygen atoms in total. The Morgan fingerprint density at radius 3 is 2.30 bits per heavy atom. The van der Waals surface area contributed by atoms with Gasteiger partial charge in [-0.2, -0.15) is 0 Å². The van der Waals surface area contributed by atoms with E-state index in [1.165, 1.54) is 6.92 Å². The van der Waals surface area contributed by atoms with Crippen molar-refractivity contribution in [1.29, 1.82) is 0 Å². The van der Waals surface area contributed by atoms with Crippen LogP contribution in [-0.4, -0.2) is 35.4 Å². The molecule has 0 radical (unpaired) electrons. The van der Waals surface area contributed by atoms with Gasteiger partial charge in [0.25, 0.3) is 0 Å². The molecule has 0 aliphatic carbocycles. The van der Waals surface area contributed by atoms with E-state index in [-0.39, 0.29) is 12.3 Å².